The zero-order chi connectivity index (χ0) is 18.4. The number of benzene rings is 2. The van der Waals surface area contributed by atoms with Crippen LogP contribution in [0.25, 0.3) is 6.08 Å². The lowest BCUT2D eigenvalue weighted by Crippen LogP contribution is -2.23. The third-order valence-corrected chi connectivity index (χ3v) is 3.82. The molecule has 25 heavy (non-hydrogen) atoms. The number of likely N-dealkylation sites (N-methyl/N-ethyl adjacent to an activating group) is 1. The van der Waals surface area contributed by atoms with Crippen LogP contribution in [-0.2, 0) is 4.79 Å². The first-order valence-corrected chi connectivity index (χ1v) is 7.82. The van der Waals surface area contributed by atoms with E-state index in [0.717, 1.165) is 16.8 Å². The fourth-order valence-electron chi connectivity index (χ4n) is 2.44. The predicted molar refractivity (Wildman–Crippen MR) is 99.7 cm³/mol. The number of aryl methyl sites for hydroxylation is 1. The third kappa shape index (κ3) is 4.32. The molecule has 2 rings (SSSR count). The highest BCUT2D eigenvalue weighted by Gasteiger charge is 2.13. The number of rotatable bonds is 6. The van der Waals surface area contributed by atoms with E-state index in [2.05, 4.69) is 0 Å². The number of methoxy groups -OCH3 is 3. The van der Waals surface area contributed by atoms with E-state index in [0.29, 0.717) is 17.2 Å². The van der Waals surface area contributed by atoms with Crippen LogP contribution in [0.3, 0.4) is 0 Å². The number of carbonyl (C=O) groups is 1. The van der Waals surface area contributed by atoms with Gasteiger partial charge in [-0.1, -0.05) is 12.1 Å². The highest BCUT2D eigenvalue weighted by molar-refractivity contribution is 6.03. The number of anilines is 1. The Morgan fingerprint density at radius 3 is 2.16 bits per heavy atom. The first kappa shape index (κ1) is 18.4. The summed E-state index contributed by atoms with van der Waals surface area (Å²) < 4.78 is 15.9. The van der Waals surface area contributed by atoms with E-state index in [9.17, 15) is 4.79 Å². The zero-order valence-electron chi connectivity index (χ0n) is 15.2. The smallest absolute Gasteiger partial charge is 0.250 e. The van der Waals surface area contributed by atoms with E-state index in [1.807, 2.05) is 31.2 Å². The van der Waals surface area contributed by atoms with Gasteiger partial charge in [-0.25, -0.2) is 0 Å². The summed E-state index contributed by atoms with van der Waals surface area (Å²) in [5.74, 6) is 1.48. The van der Waals surface area contributed by atoms with Crippen LogP contribution in [0.15, 0.2) is 42.5 Å². The van der Waals surface area contributed by atoms with Crippen LogP contribution in [0.4, 0.5) is 5.69 Å². The minimum absolute atomic E-state index is 0.126. The van der Waals surface area contributed by atoms with Gasteiger partial charge in [-0.05, 0) is 48.4 Å². The van der Waals surface area contributed by atoms with E-state index in [1.165, 1.54) is 6.08 Å². The Kier molecular flexibility index (Phi) is 6.06. The van der Waals surface area contributed by atoms with Crippen LogP contribution < -0.4 is 19.1 Å². The molecule has 132 valence electrons. The van der Waals surface area contributed by atoms with Gasteiger partial charge in [0, 0.05) is 18.8 Å². The van der Waals surface area contributed by atoms with Gasteiger partial charge in [0.15, 0.2) is 11.5 Å². The van der Waals surface area contributed by atoms with Gasteiger partial charge < -0.3 is 19.1 Å². The topological polar surface area (TPSA) is 48.0 Å². The first-order valence-electron chi connectivity index (χ1n) is 7.82. The zero-order valence-corrected chi connectivity index (χ0v) is 15.2. The second-order valence-corrected chi connectivity index (χ2v) is 5.53. The summed E-state index contributed by atoms with van der Waals surface area (Å²) >= 11 is 0. The van der Waals surface area contributed by atoms with E-state index in [-0.39, 0.29) is 5.91 Å². The van der Waals surface area contributed by atoms with Gasteiger partial charge >= 0.3 is 0 Å². The van der Waals surface area contributed by atoms with Crippen LogP contribution in [-0.4, -0.2) is 34.3 Å². The van der Waals surface area contributed by atoms with Crippen molar-refractivity contribution in [2.45, 2.75) is 6.92 Å². The van der Waals surface area contributed by atoms with Crippen LogP contribution in [0, 0.1) is 6.92 Å². The number of carbonyl (C=O) groups excluding carboxylic acids is 1. The van der Waals surface area contributed by atoms with Gasteiger partial charge in [0.25, 0.3) is 5.91 Å². The Hall–Kier alpha value is -2.95. The predicted octanol–water partition coefficient (Wildman–Crippen LogP) is 3.70. The maximum Gasteiger partial charge on any atom is 0.250 e. The highest BCUT2D eigenvalue weighted by Crippen LogP contribution is 2.38. The quantitative estimate of drug-likeness (QED) is 0.752. The number of hydrogen-bond acceptors (Lipinski definition) is 4. The van der Waals surface area contributed by atoms with Crippen LogP contribution in [0.2, 0.25) is 0 Å². The fraction of sp³-hybridized carbons (Fsp3) is 0.250. The van der Waals surface area contributed by atoms with E-state index in [1.54, 1.807) is 51.5 Å². The lowest BCUT2D eigenvalue weighted by atomic mass is 10.1. The second kappa shape index (κ2) is 8.24. The molecule has 2 aromatic rings. The molecule has 0 aliphatic rings. The fourth-order valence-corrected chi connectivity index (χ4v) is 2.44. The Bertz CT molecular complexity index is 758. The SMILES string of the molecule is COc1cc(/C=C/C(=O)N(C)c2cccc(C)c2)cc(OC)c1OC. The molecule has 0 fully saturated rings. The highest BCUT2D eigenvalue weighted by atomic mass is 16.5. The van der Waals surface area contributed by atoms with Crippen molar-refractivity contribution < 1.29 is 19.0 Å². The lowest BCUT2D eigenvalue weighted by molar-refractivity contribution is -0.113. The van der Waals surface area contributed by atoms with Gasteiger partial charge in [-0.15, -0.1) is 0 Å². The first-order chi connectivity index (χ1) is 12.0. The molecule has 0 aliphatic heterocycles. The second-order valence-electron chi connectivity index (χ2n) is 5.53. The van der Waals surface area contributed by atoms with E-state index < -0.39 is 0 Å². The van der Waals surface area contributed by atoms with E-state index >= 15 is 0 Å². The molecular formula is C20H23NO4. The van der Waals surface area contributed by atoms with Crippen molar-refractivity contribution >= 4 is 17.7 Å². The molecule has 0 saturated carbocycles. The lowest BCUT2D eigenvalue weighted by Gasteiger charge is -2.16. The number of amides is 1. The summed E-state index contributed by atoms with van der Waals surface area (Å²) in [5, 5.41) is 0. The summed E-state index contributed by atoms with van der Waals surface area (Å²) in [6.45, 7) is 1.99. The van der Waals surface area contributed by atoms with Gasteiger partial charge in [0.05, 0.1) is 21.3 Å². The maximum absolute atomic E-state index is 12.4. The maximum atomic E-state index is 12.4. The van der Waals surface area contributed by atoms with Gasteiger partial charge in [-0.2, -0.15) is 0 Å². The minimum Gasteiger partial charge on any atom is -0.493 e. The Balaban J connectivity index is 2.24. The molecule has 1 amide bonds. The summed E-state index contributed by atoms with van der Waals surface area (Å²) in [6, 6.07) is 11.4. The van der Waals surface area contributed by atoms with Gasteiger partial charge in [0.1, 0.15) is 0 Å². The molecule has 0 atom stereocenters. The molecule has 0 aromatic heterocycles. The molecule has 0 radical (unpaired) electrons. The normalized spacial score (nSPS) is 10.6. The molecule has 0 aliphatic carbocycles. The van der Waals surface area contributed by atoms with Crippen molar-refractivity contribution in [3.63, 3.8) is 0 Å². The number of ether oxygens (including phenoxy) is 3. The van der Waals surface area contributed by atoms with Crippen molar-refractivity contribution in [2.24, 2.45) is 0 Å². The molecule has 0 unspecified atom stereocenters. The molecule has 0 N–H and O–H groups in total. The van der Waals surface area contributed by atoms with Crippen LogP contribution in [0.1, 0.15) is 11.1 Å². The summed E-state index contributed by atoms with van der Waals surface area (Å²) in [6.07, 6.45) is 3.24. The molecular weight excluding hydrogens is 318 g/mol. The van der Waals surface area contributed by atoms with Crippen LogP contribution in [0.5, 0.6) is 17.2 Å². The average Bonchev–Trinajstić information content (AvgIpc) is 2.64. The number of nitrogens with zero attached hydrogens (tertiary/aromatic N) is 1. The molecule has 0 saturated heterocycles. The Morgan fingerprint density at radius 1 is 1.00 bits per heavy atom. The van der Waals surface area contributed by atoms with Crippen molar-refractivity contribution in [1.29, 1.82) is 0 Å². The van der Waals surface area contributed by atoms with Crippen molar-refractivity contribution in [1.82, 2.24) is 0 Å². The van der Waals surface area contributed by atoms with Gasteiger partial charge in [-0.3, -0.25) is 4.79 Å². The molecule has 2 aromatic carbocycles. The molecule has 0 spiro atoms. The third-order valence-electron chi connectivity index (χ3n) is 3.82. The summed E-state index contributed by atoms with van der Waals surface area (Å²) in [4.78, 5) is 14.0. The minimum atomic E-state index is -0.126. The summed E-state index contributed by atoms with van der Waals surface area (Å²) in [5.41, 5.74) is 2.73. The average molecular weight is 341 g/mol. The van der Waals surface area contributed by atoms with Gasteiger partial charge in [0.2, 0.25) is 5.75 Å². The monoisotopic (exact) mass is 341 g/mol. The van der Waals surface area contributed by atoms with Crippen molar-refractivity contribution in [3.8, 4) is 17.2 Å². The molecule has 5 nitrogen and oxygen atoms in total. The molecule has 0 bridgehead atoms. The number of hydrogen-bond donors (Lipinski definition) is 0. The molecule has 5 heteroatoms. The van der Waals surface area contributed by atoms with Crippen molar-refractivity contribution in [3.05, 3.63) is 53.6 Å². The standard InChI is InChI=1S/C20H23NO4/c1-14-7-6-8-16(11-14)21(2)19(22)10-9-15-12-17(23-3)20(25-5)18(13-15)24-4/h6-13H,1-5H3/b10-9+. The Labute approximate surface area is 148 Å². The van der Waals surface area contributed by atoms with E-state index in [4.69, 9.17) is 14.2 Å². The Morgan fingerprint density at radius 2 is 1.64 bits per heavy atom. The van der Waals surface area contributed by atoms with Crippen molar-refractivity contribution in [2.75, 3.05) is 33.3 Å². The molecule has 0 heterocycles. The van der Waals surface area contributed by atoms with Crippen LogP contribution >= 0.6 is 0 Å². The summed E-state index contributed by atoms with van der Waals surface area (Å²) in [7, 11) is 6.41. The largest absolute Gasteiger partial charge is 0.493 e.